The number of aromatic nitrogens is 2. The smallest absolute Gasteiger partial charge is 0.435 e. The number of oxime groups is 1. The van der Waals surface area contributed by atoms with E-state index in [1.54, 1.807) is 0 Å². The summed E-state index contributed by atoms with van der Waals surface area (Å²) in [4.78, 5) is 20.0. The largest absolute Gasteiger partial charge is 0.478 e. The summed E-state index contributed by atoms with van der Waals surface area (Å²) in [6.07, 6.45) is -5.50. The van der Waals surface area contributed by atoms with Gasteiger partial charge >= 0.3 is 18.3 Å². The Morgan fingerprint density at radius 2 is 1.88 bits per heavy atom. The van der Waals surface area contributed by atoms with Gasteiger partial charge in [-0.3, -0.25) is 4.40 Å². The predicted molar refractivity (Wildman–Crippen MR) is 108 cm³/mol. The molecular formula is C22H15F6N3O3. The molecule has 0 aliphatic carbocycles. The third kappa shape index (κ3) is 3.99. The van der Waals surface area contributed by atoms with Crippen LogP contribution in [0.2, 0.25) is 0 Å². The zero-order valence-electron chi connectivity index (χ0n) is 17.3. The number of halogens is 6. The van der Waals surface area contributed by atoms with Crippen molar-refractivity contribution in [1.29, 1.82) is 0 Å². The van der Waals surface area contributed by atoms with E-state index in [0.717, 1.165) is 12.1 Å². The summed E-state index contributed by atoms with van der Waals surface area (Å²) in [7, 11) is 0. The van der Waals surface area contributed by atoms with Gasteiger partial charge in [-0.05, 0) is 43.3 Å². The minimum Gasteiger partial charge on any atom is -0.478 e. The number of pyridine rings is 1. The molecule has 1 aromatic carbocycles. The lowest BCUT2D eigenvalue weighted by Crippen LogP contribution is -2.42. The average Bonchev–Trinajstić information content (AvgIpc) is 3.38. The molecule has 1 atom stereocenters. The normalized spacial score (nSPS) is 19.0. The first-order valence-electron chi connectivity index (χ1n) is 9.69. The number of hydrogen-bond donors (Lipinski definition) is 1. The minimum atomic E-state index is -5.07. The van der Waals surface area contributed by atoms with Crippen LogP contribution in [-0.4, -0.2) is 32.3 Å². The maximum atomic E-state index is 14.1. The van der Waals surface area contributed by atoms with Gasteiger partial charge in [-0.15, -0.1) is 0 Å². The number of allylic oxidation sites excluding steroid dienone is 1. The number of hydrogen-bond acceptors (Lipinski definition) is 4. The first-order chi connectivity index (χ1) is 15.8. The summed E-state index contributed by atoms with van der Waals surface area (Å²) in [5.41, 5.74) is -4.56. The van der Waals surface area contributed by atoms with Crippen LogP contribution < -0.4 is 0 Å². The molecule has 3 aromatic rings. The van der Waals surface area contributed by atoms with Crippen LogP contribution in [0.1, 0.15) is 39.2 Å². The van der Waals surface area contributed by atoms with Crippen LogP contribution >= 0.6 is 0 Å². The Bertz CT molecular complexity index is 1340. The lowest BCUT2D eigenvalue weighted by molar-refractivity contribution is -0.276. The van der Waals surface area contributed by atoms with Gasteiger partial charge < -0.3 is 9.94 Å². The van der Waals surface area contributed by atoms with Crippen LogP contribution in [0.4, 0.5) is 26.3 Å². The molecule has 1 aliphatic heterocycles. The highest BCUT2D eigenvalue weighted by Crippen LogP contribution is 2.49. The van der Waals surface area contributed by atoms with E-state index in [9.17, 15) is 36.2 Å². The number of aryl methyl sites for hydroxylation is 1. The Labute approximate surface area is 187 Å². The van der Waals surface area contributed by atoms with Gasteiger partial charge in [-0.1, -0.05) is 16.8 Å². The van der Waals surface area contributed by atoms with Gasteiger partial charge in [0.25, 0.3) is 5.60 Å². The molecule has 0 saturated heterocycles. The second-order valence-corrected chi connectivity index (χ2v) is 7.72. The van der Waals surface area contributed by atoms with Crippen molar-refractivity contribution in [1.82, 2.24) is 9.38 Å². The molecule has 1 aliphatic rings. The van der Waals surface area contributed by atoms with E-state index < -0.39 is 41.5 Å². The van der Waals surface area contributed by atoms with Crippen molar-refractivity contribution in [2.75, 3.05) is 0 Å². The van der Waals surface area contributed by atoms with E-state index in [0.29, 0.717) is 11.8 Å². The lowest BCUT2D eigenvalue weighted by atomic mass is 9.86. The van der Waals surface area contributed by atoms with Crippen molar-refractivity contribution in [3.8, 4) is 0 Å². The number of carboxylic acids is 1. The molecule has 0 fully saturated rings. The number of benzene rings is 1. The third-order valence-electron chi connectivity index (χ3n) is 5.37. The fourth-order valence-corrected chi connectivity index (χ4v) is 3.73. The number of fused-ring (bicyclic) bond motifs is 1. The van der Waals surface area contributed by atoms with E-state index in [1.807, 2.05) is 0 Å². The van der Waals surface area contributed by atoms with Gasteiger partial charge in [0.2, 0.25) is 0 Å². The second kappa shape index (κ2) is 7.89. The Hall–Kier alpha value is -3.83. The van der Waals surface area contributed by atoms with Gasteiger partial charge in [0.15, 0.2) is 0 Å². The maximum absolute atomic E-state index is 14.1. The molecular weight excluding hydrogens is 468 g/mol. The fraction of sp³-hybridized carbons (Fsp3) is 0.227. The van der Waals surface area contributed by atoms with Crippen molar-refractivity contribution in [3.63, 3.8) is 0 Å². The molecule has 12 heteroatoms. The van der Waals surface area contributed by atoms with Crippen LogP contribution in [0, 0.1) is 6.92 Å². The van der Waals surface area contributed by atoms with Crippen molar-refractivity contribution >= 4 is 23.3 Å². The molecule has 2 aromatic heterocycles. The highest BCUT2D eigenvalue weighted by Gasteiger charge is 2.62. The first kappa shape index (κ1) is 23.3. The van der Waals surface area contributed by atoms with Gasteiger partial charge in [-0.25, -0.2) is 9.78 Å². The molecule has 1 N–H and O–H groups in total. The molecule has 0 radical (unpaired) electrons. The van der Waals surface area contributed by atoms with Gasteiger partial charge in [0.05, 0.1) is 34.9 Å². The van der Waals surface area contributed by atoms with Crippen LogP contribution in [0.25, 0.3) is 11.6 Å². The molecule has 6 nitrogen and oxygen atoms in total. The van der Waals surface area contributed by atoms with Crippen LogP contribution in [0.5, 0.6) is 0 Å². The maximum Gasteiger partial charge on any atom is 0.435 e. The predicted octanol–water partition coefficient (Wildman–Crippen LogP) is 5.61. The summed E-state index contributed by atoms with van der Waals surface area (Å²) in [6, 6.07) is 4.91. The molecule has 3 heterocycles. The number of alkyl halides is 6. The molecule has 4 rings (SSSR count). The Balaban J connectivity index is 1.69. The molecule has 178 valence electrons. The van der Waals surface area contributed by atoms with Gasteiger partial charge in [0.1, 0.15) is 0 Å². The van der Waals surface area contributed by atoms with E-state index in [-0.39, 0.29) is 22.4 Å². The molecule has 0 bridgehead atoms. The lowest BCUT2D eigenvalue weighted by Gasteiger charge is -2.30. The number of carboxylic acid groups (broad SMARTS) is 1. The van der Waals surface area contributed by atoms with Crippen molar-refractivity contribution in [2.24, 2.45) is 5.16 Å². The number of nitrogens with zero attached hydrogens (tertiary/aromatic N) is 3. The standard InChI is InChI=1S/C22H15F6N3O3/c1-12-6-13(8-14(7-12)21(23,24)25)20(22(26,27)28)9-15(30-34-20)2-3-16-4-5-17(19(32)33)18-10-29-11-31(16)18/h2-8,10-11H,9H2,1H3,(H,32,33)/b3-2+. The van der Waals surface area contributed by atoms with Gasteiger partial charge in [-0.2, -0.15) is 26.3 Å². The van der Waals surface area contributed by atoms with Crippen molar-refractivity contribution in [2.45, 2.75) is 31.3 Å². The molecule has 0 amide bonds. The molecule has 0 saturated carbocycles. The highest BCUT2D eigenvalue weighted by atomic mass is 19.4. The Morgan fingerprint density at radius 3 is 2.53 bits per heavy atom. The molecule has 0 spiro atoms. The highest BCUT2D eigenvalue weighted by molar-refractivity contribution is 6.00. The number of aromatic carboxylic acids is 1. The van der Waals surface area contributed by atoms with E-state index in [2.05, 4.69) is 10.1 Å². The molecule has 34 heavy (non-hydrogen) atoms. The van der Waals surface area contributed by atoms with E-state index in [4.69, 9.17) is 4.84 Å². The average molecular weight is 483 g/mol. The summed E-state index contributed by atoms with van der Waals surface area (Å²) < 4.78 is 83.4. The number of imidazole rings is 1. The summed E-state index contributed by atoms with van der Waals surface area (Å²) in [5.74, 6) is -1.18. The quantitative estimate of drug-likeness (QED) is 0.490. The van der Waals surface area contributed by atoms with Crippen LogP contribution in [-0.2, 0) is 16.6 Å². The zero-order chi connectivity index (χ0) is 24.9. The topological polar surface area (TPSA) is 76.2 Å². The summed E-state index contributed by atoms with van der Waals surface area (Å²) >= 11 is 0. The minimum absolute atomic E-state index is 0.0120. The molecule has 1 unspecified atom stereocenters. The van der Waals surface area contributed by atoms with Crippen molar-refractivity contribution < 1.29 is 41.1 Å². The van der Waals surface area contributed by atoms with Crippen LogP contribution in [0.15, 0.2) is 54.1 Å². The monoisotopic (exact) mass is 483 g/mol. The number of rotatable bonds is 4. The van der Waals surface area contributed by atoms with E-state index in [1.165, 1.54) is 48.1 Å². The van der Waals surface area contributed by atoms with Crippen LogP contribution in [0.3, 0.4) is 0 Å². The third-order valence-corrected chi connectivity index (χ3v) is 5.37. The summed E-state index contributed by atoms with van der Waals surface area (Å²) in [6.45, 7) is 1.26. The van der Waals surface area contributed by atoms with Crippen molar-refractivity contribution in [3.05, 3.63) is 76.9 Å². The Morgan fingerprint density at radius 1 is 1.15 bits per heavy atom. The number of carbonyl (C=O) groups is 1. The summed E-state index contributed by atoms with van der Waals surface area (Å²) in [5, 5.41) is 12.7. The SMILES string of the molecule is Cc1cc(C(F)(F)F)cc(C2(C(F)(F)F)CC(/C=C/c3ccc(C(=O)O)c4cncn34)=NO2)c1. The van der Waals surface area contributed by atoms with E-state index >= 15 is 0 Å². The first-order valence-corrected chi connectivity index (χ1v) is 9.69. The second-order valence-electron chi connectivity index (χ2n) is 7.72. The zero-order valence-corrected chi connectivity index (χ0v) is 17.3. The van der Waals surface area contributed by atoms with Gasteiger partial charge in [0, 0.05) is 17.7 Å². The fourth-order valence-electron chi connectivity index (χ4n) is 3.73. The Kier molecular flexibility index (Phi) is 5.41.